The molecule has 1 nitrogen and oxygen atoms in total. The lowest BCUT2D eigenvalue weighted by molar-refractivity contribution is 0.410. The van der Waals surface area contributed by atoms with Crippen LogP contribution >= 0.6 is 43.5 Å². The van der Waals surface area contributed by atoms with Crippen molar-refractivity contribution in [2.45, 2.75) is 11.8 Å². The van der Waals surface area contributed by atoms with E-state index in [1.807, 2.05) is 19.1 Å². The first-order valence-electron chi connectivity index (χ1n) is 5.87. The van der Waals surface area contributed by atoms with Gasteiger partial charge in [-0.05, 0) is 42.3 Å². The van der Waals surface area contributed by atoms with E-state index in [2.05, 4.69) is 31.9 Å². The van der Waals surface area contributed by atoms with Crippen molar-refractivity contribution in [1.82, 2.24) is 0 Å². The summed E-state index contributed by atoms with van der Waals surface area (Å²) >= 11 is 13.0. The first kappa shape index (κ1) is 15.8. The number of methoxy groups -OCH3 is 1. The maximum absolute atomic E-state index is 13.2. The van der Waals surface area contributed by atoms with E-state index in [1.54, 1.807) is 19.2 Å². The average molecular weight is 423 g/mol. The van der Waals surface area contributed by atoms with Crippen LogP contribution in [0.4, 0.5) is 4.39 Å². The van der Waals surface area contributed by atoms with Crippen LogP contribution in [0.25, 0.3) is 0 Å². The number of aryl methyl sites for hydroxylation is 1. The predicted molar refractivity (Wildman–Crippen MR) is 87.6 cm³/mol. The lowest BCUT2D eigenvalue weighted by Gasteiger charge is -2.17. The highest BCUT2D eigenvalue weighted by atomic mass is 79.9. The molecule has 0 saturated heterocycles. The third-order valence-electron chi connectivity index (χ3n) is 3.02. The molecule has 106 valence electrons. The van der Waals surface area contributed by atoms with Crippen LogP contribution in [0.1, 0.15) is 21.5 Å². The number of hydrogen-bond donors (Lipinski definition) is 0. The van der Waals surface area contributed by atoms with Gasteiger partial charge in [0.1, 0.15) is 11.6 Å². The fraction of sp³-hybridized carbons (Fsp3) is 0.200. The van der Waals surface area contributed by atoms with Gasteiger partial charge < -0.3 is 4.74 Å². The Morgan fingerprint density at radius 1 is 1.25 bits per heavy atom. The Bertz CT molecular complexity index is 646. The highest BCUT2D eigenvalue weighted by Gasteiger charge is 2.18. The van der Waals surface area contributed by atoms with E-state index in [1.165, 1.54) is 6.07 Å². The van der Waals surface area contributed by atoms with E-state index < -0.39 is 5.82 Å². The third-order valence-corrected chi connectivity index (χ3v) is 5.19. The van der Waals surface area contributed by atoms with Gasteiger partial charge >= 0.3 is 0 Å². The lowest BCUT2D eigenvalue weighted by Crippen LogP contribution is -1.99. The average Bonchev–Trinajstić information content (AvgIpc) is 2.43. The van der Waals surface area contributed by atoms with Crippen LogP contribution in [0.2, 0.25) is 5.02 Å². The maximum Gasteiger partial charge on any atom is 0.141 e. The molecule has 1 atom stereocenters. The van der Waals surface area contributed by atoms with Crippen LogP contribution in [-0.2, 0) is 0 Å². The molecular weight excluding hydrogens is 410 g/mol. The molecule has 0 amide bonds. The highest BCUT2D eigenvalue weighted by molar-refractivity contribution is 9.10. The molecule has 0 fully saturated rings. The number of benzene rings is 2. The number of hydrogen-bond acceptors (Lipinski definition) is 1. The molecular formula is C15H12Br2ClFO. The van der Waals surface area contributed by atoms with Gasteiger partial charge in [-0.3, -0.25) is 0 Å². The zero-order chi connectivity index (χ0) is 14.9. The van der Waals surface area contributed by atoms with Crippen LogP contribution in [0.5, 0.6) is 5.75 Å². The van der Waals surface area contributed by atoms with E-state index in [4.69, 9.17) is 16.3 Å². The van der Waals surface area contributed by atoms with Crippen LogP contribution in [-0.4, -0.2) is 7.11 Å². The van der Waals surface area contributed by atoms with Gasteiger partial charge in [0.25, 0.3) is 0 Å². The summed E-state index contributed by atoms with van der Waals surface area (Å²) in [6.07, 6.45) is 0. The van der Waals surface area contributed by atoms with E-state index in [0.29, 0.717) is 0 Å². The molecule has 0 bridgehead atoms. The summed E-state index contributed by atoms with van der Waals surface area (Å²) < 4.78 is 19.7. The molecule has 0 radical (unpaired) electrons. The zero-order valence-corrected chi connectivity index (χ0v) is 14.8. The van der Waals surface area contributed by atoms with Crippen LogP contribution in [0, 0.1) is 12.7 Å². The number of ether oxygens (including phenoxy) is 1. The Morgan fingerprint density at radius 3 is 2.55 bits per heavy atom. The Kier molecular flexibility index (Phi) is 5.10. The normalized spacial score (nSPS) is 12.3. The van der Waals surface area contributed by atoms with Crippen molar-refractivity contribution >= 4 is 43.5 Å². The molecule has 0 aliphatic rings. The monoisotopic (exact) mass is 420 g/mol. The van der Waals surface area contributed by atoms with Gasteiger partial charge in [-0.15, -0.1) is 0 Å². The molecule has 0 aromatic heterocycles. The van der Waals surface area contributed by atoms with Gasteiger partial charge in [0.15, 0.2) is 0 Å². The molecule has 0 heterocycles. The maximum atomic E-state index is 13.2. The van der Waals surface area contributed by atoms with E-state index in [9.17, 15) is 4.39 Å². The molecule has 2 rings (SSSR count). The van der Waals surface area contributed by atoms with Crippen LogP contribution in [0.15, 0.2) is 34.8 Å². The first-order valence-corrected chi connectivity index (χ1v) is 7.95. The number of halogens is 4. The van der Waals surface area contributed by atoms with E-state index >= 15 is 0 Å². The molecule has 20 heavy (non-hydrogen) atoms. The van der Waals surface area contributed by atoms with Gasteiger partial charge in [-0.1, -0.05) is 49.5 Å². The number of alkyl halides is 1. The standard InChI is InChI=1S/C15H12Br2ClFO/c1-8-5-14(20-2)10(7-11(8)16)15(17)9-3-4-13(19)12(18)6-9/h3-7,15H,1-2H3. The molecule has 1 unspecified atom stereocenters. The van der Waals surface area contributed by atoms with E-state index in [-0.39, 0.29) is 9.85 Å². The predicted octanol–water partition coefficient (Wildman–Crippen LogP) is 6.04. The molecule has 5 heteroatoms. The minimum Gasteiger partial charge on any atom is -0.496 e. The van der Waals surface area contributed by atoms with Gasteiger partial charge in [0.05, 0.1) is 17.0 Å². The van der Waals surface area contributed by atoms with Crippen molar-refractivity contribution < 1.29 is 9.13 Å². The summed E-state index contributed by atoms with van der Waals surface area (Å²) in [6, 6.07) is 8.63. The molecule has 2 aromatic rings. The van der Waals surface area contributed by atoms with Gasteiger partial charge in [0, 0.05) is 10.0 Å². The fourth-order valence-corrected chi connectivity index (χ4v) is 3.09. The summed E-state index contributed by atoms with van der Waals surface area (Å²) in [5.41, 5.74) is 2.90. The minimum absolute atomic E-state index is 0.108. The van der Waals surface area contributed by atoms with Gasteiger partial charge in [0.2, 0.25) is 0 Å². The molecule has 0 saturated carbocycles. The molecule has 0 aliphatic heterocycles. The second-order valence-corrected chi connectivity index (χ2v) is 6.56. The summed E-state index contributed by atoms with van der Waals surface area (Å²) in [5, 5.41) is 0.108. The second kappa shape index (κ2) is 6.46. The van der Waals surface area contributed by atoms with Crippen LogP contribution < -0.4 is 4.74 Å². The molecule has 0 aliphatic carbocycles. The topological polar surface area (TPSA) is 9.23 Å². The zero-order valence-electron chi connectivity index (χ0n) is 10.9. The SMILES string of the molecule is COc1cc(C)c(Br)cc1C(Br)c1ccc(F)c(Cl)c1. The van der Waals surface area contributed by atoms with Crippen molar-refractivity contribution in [3.63, 3.8) is 0 Å². The highest BCUT2D eigenvalue weighted by Crippen LogP contribution is 2.40. The minimum atomic E-state index is -0.424. The fourth-order valence-electron chi connectivity index (χ4n) is 1.89. The summed E-state index contributed by atoms with van der Waals surface area (Å²) in [6.45, 7) is 1.99. The largest absolute Gasteiger partial charge is 0.496 e. The van der Waals surface area contributed by atoms with Crippen molar-refractivity contribution in [3.05, 3.63) is 62.3 Å². The van der Waals surface area contributed by atoms with Gasteiger partial charge in [-0.2, -0.15) is 0 Å². The quantitative estimate of drug-likeness (QED) is 0.548. The third kappa shape index (κ3) is 3.18. The molecule has 0 spiro atoms. The smallest absolute Gasteiger partial charge is 0.141 e. The number of rotatable bonds is 3. The summed E-state index contributed by atoms with van der Waals surface area (Å²) in [5.74, 6) is 0.347. The lowest BCUT2D eigenvalue weighted by atomic mass is 10.0. The van der Waals surface area contributed by atoms with Crippen LogP contribution in [0.3, 0.4) is 0 Å². The van der Waals surface area contributed by atoms with Crippen molar-refractivity contribution in [2.24, 2.45) is 0 Å². The van der Waals surface area contributed by atoms with Crippen molar-refractivity contribution in [1.29, 1.82) is 0 Å². The van der Waals surface area contributed by atoms with Crippen molar-refractivity contribution in [2.75, 3.05) is 7.11 Å². The summed E-state index contributed by atoms with van der Waals surface area (Å²) in [7, 11) is 1.63. The summed E-state index contributed by atoms with van der Waals surface area (Å²) in [4.78, 5) is -0.132. The Hall–Kier alpha value is -0.580. The Labute approximate surface area is 139 Å². The first-order chi connectivity index (χ1) is 9.43. The Balaban J connectivity index is 2.49. The second-order valence-electron chi connectivity index (χ2n) is 4.38. The van der Waals surface area contributed by atoms with E-state index in [0.717, 1.165) is 26.9 Å². The Morgan fingerprint density at radius 2 is 1.95 bits per heavy atom. The van der Waals surface area contributed by atoms with Gasteiger partial charge in [-0.25, -0.2) is 4.39 Å². The van der Waals surface area contributed by atoms with Crippen molar-refractivity contribution in [3.8, 4) is 5.75 Å². The molecule has 0 N–H and O–H groups in total. The molecule has 2 aromatic carbocycles.